The lowest BCUT2D eigenvalue weighted by Gasteiger charge is -2.03. The second kappa shape index (κ2) is 6.56. The van der Waals surface area contributed by atoms with E-state index in [2.05, 4.69) is 5.32 Å². The first-order chi connectivity index (χ1) is 8.75. The maximum absolute atomic E-state index is 13.3. The predicted octanol–water partition coefficient (Wildman–Crippen LogP) is 4.01. The molecule has 1 amide bonds. The Hall–Kier alpha value is -1.33. The second-order valence-electron chi connectivity index (χ2n) is 3.59. The van der Waals surface area contributed by atoms with Crippen molar-refractivity contribution >= 4 is 34.7 Å². The van der Waals surface area contributed by atoms with Gasteiger partial charge in [0.05, 0.1) is 5.69 Å². The summed E-state index contributed by atoms with van der Waals surface area (Å²) in [6, 6.07) is 8.44. The predicted molar refractivity (Wildman–Crippen MR) is 74.7 cm³/mol. The first-order valence-corrected chi connectivity index (χ1v) is 7.38. The van der Waals surface area contributed by atoms with E-state index in [1.54, 1.807) is 18.2 Å². The lowest BCUT2D eigenvalue weighted by atomic mass is 10.3. The lowest BCUT2D eigenvalue weighted by molar-refractivity contribution is -0.115. The summed E-state index contributed by atoms with van der Waals surface area (Å²) in [5.41, 5.74) is 0.820. The molecular formula is C13H12FNOS2. The van der Waals surface area contributed by atoms with Crippen molar-refractivity contribution in [3.8, 4) is 0 Å². The van der Waals surface area contributed by atoms with Crippen LogP contribution >= 0.6 is 23.1 Å². The van der Waals surface area contributed by atoms with Gasteiger partial charge in [-0.15, -0.1) is 11.8 Å². The van der Waals surface area contributed by atoms with Crippen LogP contribution in [0, 0.1) is 5.82 Å². The zero-order valence-corrected chi connectivity index (χ0v) is 11.2. The smallest absolute Gasteiger partial charge is 0.225 e. The Morgan fingerprint density at radius 1 is 1.33 bits per heavy atom. The number of benzene rings is 1. The SMILES string of the molecule is O=C(CCSc1ccccc1F)Nc1ccsc1. The van der Waals surface area contributed by atoms with E-state index in [9.17, 15) is 9.18 Å². The summed E-state index contributed by atoms with van der Waals surface area (Å²) in [6.07, 6.45) is 0.370. The van der Waals surface area contributed by atoms with E-state index in [-0.39, 0.29) is 11.7 Å². The van der Waals surface area contributed by atoms with Crippen LogP contribution in [0.25, 0.3) is 0 Å². The molecule has 1 N–H and O–H groups in total. The molecular weight excluding hydrogens is 269 g/mol. The van der Waals surface area contributed by atoms with Gasteiger partial charge in [-0.25, -0.2) is 4.39 Å². The molecule has 1 aromatic carbocycles. The van der Waals surface area contributed by atoms with Gasteiger partial charge in [0.1, 0.15) is 5.82 Å². The molecule has 0 aliphatic heterocycles. The van der Waals surface area contributed by atoms with E-state index in [1.165, 1.54) is 29.2 Å². The third-order valence-corrected chi connectivity index (χ3v) is 3.96. The molecule has 0 fully saturated rings. The van der Waals surface area contributed by atoms with Crippen molar-refractivity contribution in [2.24, 2.45) is 0 Å². The molecule has 0 aliphatic rings. The zero-order chi connectivity index (χ0) is 12.8. The minimum Gasteiger partial charge on any atom is -0.325 e. The molecule has 94 valence electrons. The average Bonchev–Trinajstić information content (AvgIpc) is 2.84. The fourth-order valence-corrected chi connectivity index (χ4v) is 2.85. The number of amides is 1. The van der Waals surface area contributed by atoms with Gasteiger partial charge < -0.3 is 5.32 Å². The fourth-order valence-electron chi connectivity index (χ4n) is 1.37. The molecule has 0 bridgehead atoms. The molecule has 18 heavy (non-hydrogen) atoms. The highest BCUT2D eigenvalue weighted by Crippen LogP contribution is 2.22. The lowest BCUT2D eigenvalue weighted by Crippen LogP contribution is -2.11. The number of hydrogen-bond acceptors (Lipinski definition) is 3. The van der Waals surface area contributed by atoms with Crippen LogP contribution in [-0.4, -0.2) is 11.7 Å². The first kappa shape index (κ1) is 13.1. The first-order valence-electron chi connectivity index (χ1n) is 5.45. The summed E-state index contributed by atoms with van der Waals surface area (Å²) < 4.78 is 13.3. The molecule has 0 radical (unpaired) electrons. The van der Waals surface area contributed by atoms with Crippen LogP contribution < -0.4 is 5.32 Å². The van der Waals surface area contributed by atoms with Crippen molar-refractivity contribution in [3.05, 3.63) is 46.9 Å². The van der Waals surface area contributed by atoms with Gasteiger partial charge in [0.15, 0.2) is 0 Å². The molecule has 0 saturated carbocycles. The van der Waals surface area contributed by atoms with Crippen LogP contribution in [0.2, 0.25) is 0 Å². The maximum atomic E-state index is 13.3. The Morgan fingerprint density at radius 2 is 2.17 bits per heavy atom. The van der Waals surface area contributed by atoms with Crippen molar-refractivity contribution < 1.29 is 9.18 Å². The largest absolute Gasteiger partial charge is 0.325 e. The van der Waals surface area contributed by atoms with Gasteiger partial charge in [-0.05, 0) is 23.6 Å². The van der Waals surface area contributed by atoms with Crippen LogP contribution in [0.3, 0.4) is 0 Å². The Bertz CT molecular complexity index is 513. The van der Waals surface area contributed by atoms with Crippen LogP contribution in [0.15, 0.2) is 46.0 Å². The van der Waals surface area contributed by atoms with Crippen LogP contribution in [0.1, 0.15) is 6.42 Å². The summed E-state index contributed by atoms with van der Waals surface area (Å²) in [5.74, 6) is 0.287. The van der Waals surface area contributed by atoms with Crippen molar-refractivity contribution in [3.63, 3.8) is 0 Å². The minimum absolute atomic E-state index is 0.0442. The molecule has 5 heteroatoms. The highest BCUT2D eigenvalue weighted by Gasteiger charge is 2.05. The van der Waals surface area contributed by atoms with E-state index < -0.39 is 0 Å². The zero-order valence-electron chi connectivity index (χ0n) is 9.56. The Labute approximate surface area is 113 Å². The highest BCUT2D eigenvalue weighted by atomic mass is 32.2. The molecule has 2 nitrogen and oxygen atoms in total. The highest BCUT2D eigenvalue weighted by molar-refractivity contribution is 7.99. The molecule has 2 aromatic rings. The normalized spacial score (nSPS) is 10.3. The van der Waals surface area contributed by atoms with Gasteiger partial charge in [0.25, 0.3) is 0 Å². The maximum Gasteiger partial charge on any atom is 0.225 e. The standard InChI is InChI=1S/C13H12FNOS2/c14-11-3-1-2-4-12(11)18-8-6-13(16)15-10-5-7-17-9-10/h1-5,7,9H,6,8H2,(H,15,16). The van der Waals surface area contributed by atoms with E-state index in [1.807, 2.05) is 16.8 Å². The van der Waals surface area contributed by atoms with Gasteiger partial charge in [-0.2, -0.15) is 11.3 Å². The summed E-state index contributed by atoms with van der Waals surface area (Å²) in [6.45, 7) is 0. The monoisotopic (exact) mass is 281 g/mol. The minimum atomic E-state index is -0.235. The number of hydrogen-bond donors (Lipinski definition) is 1. The fraction of sp³-hybridized carbons (Fsp3) is 0.154. The van der Waals surface area contributed by atoms with Crippen LogP contribution in [0.5, 0.6) is 0 Å². The molecule has 0 aliphatic carbocycles. The van der Waals surface area contributed by atoms with Gasteiger partial charge in [-0.3, -0.25) is 4.79 Å². The molecule has 0 unspecified atom stereocenters. The molecule has 0 spiro atoms. The number of thiophene rings is 1. The molecule has 1 heterocycles. The Balaban J connectivity index is 1.75. The van der Waals surface area contributed by atoms with Crippen molar-refractivity contribution in [2.75, 3.05) is 11.1 Å². The third kappa shape index (κ3) is 3.85. The molecule has 2 rings (SSSR count). The number of halogens is 1. The quantitative estimate of drug-likeness (QED) is 0.839. The number of anilines is 1. The van der Waals surface area contributed by atoms with E-state index >= 15 is 0 Å². The number of nitrogens with one attached hydrogen (secondary N) is 1. The Kier molecular flexibility index (Phi) is 4.78. The molecule has 1 aromatic heterocycles. The summed E-state index contributed by atoms with van der Waals surface area (Å²) in [7, 11) is 0. The average molecular weight is 281 g/mol. The van der Waals surface area contributed by atoms with Crippen molar-refractivity contribution in [2.45, 2.75) is 11.3 Å². The molecule has 0 atom stereocenters. The van der Waals surface area contributed by atoms with Gasteiger partial charge in [-0.1, -0.05) is 12.1 Å². The summed E-state index contributed by atoms with van der Waals surface area (Å²) >= 11 is 2.89. The van der Waals surface area contributed by atoms with Gasteiger partial charge in [0, 0.05) is 22.4 Å². The number of carbonyl (C=O) groups is 1. The van der Waals surface area contributed by atoms with Gasteiger partial charge >= 0.3 is 0 Å². The topological polar surface area (TPSA) is 29.1 Å². The van der Waals surface area contributed by atoms with Crippen molar-refractivity contribution in [1.82, 2.24) is 0 Å². The van der Waals surface area contributed by atoms with Crippen LogP contribution in [-0.2, 0) is 4.79 Å². The Morgan fingerprint density at radius 3 is 2.89 bits per heavy atom. The second-order valence-corrected chi connectivity index (χ2v) is 5.51. The van der Waals surface area contributed by atoms with E-state index in [0.29, 0.717) is 17.1 Å². The number of thioether (sulfide) groups is 1. The van der Waals surface area contributed by atoms with Crippen molar-refractivity contribution in [1.29, 1.82) is 0 Å². The summed E-state index contributed by atoms with van der Waals surface area (Å²) in [4.78, 5) is 12.2. The molecule has 0 saturated heterocycles. The van der Waals surface area contributed by atoms with Gasteiger partial charge in [0.2, 0.25) is 5.91 Å². The van der Waals surface area contributed by atoms with Crippen LogP contribution in [0.4, 0.5) is 10.1 Å². The number of carbonyl (C=O) groups excluding carboxylic acids is 1. The third-order valence-electron chi connectivity index (χ3n) is 2.23. The summed E-state index contributed by atoms with van der Waals surface area (Å²) in [5, 5.41) is 6.57. The van der Waals surface area contributed by atoms with E-state index in [4.69, 9.17) is 0 Å². The van der Waals surface area contributed by atoms with E-state index in [0.717, 1.165) is 5.69 Å². The number of rotatable bonds is 5.